The molecule has 176 valence electrons. The number of anilines is 1. The minimum absolute atomic E-state index is 0.165. The first-order chi connectivity index (χ1) is 16.5. The second-order valence-corrected chi connectivity index (χ2v) is 10.3. The van der Waals surface area contributed by atoms with Crippen molar-refractivity contribution in [2.75, 3.05) is 11.1 Å². The molecule has 2 aromatic heterocycles. The van der Waals surface area contributed by atoms with E-state index in [0.29, 0.717) is 28.1 Å². The van der Waals surface area contributed by atoms with Gasteiger partial charge in [-0.25, -0.2) is 0 Å². The highest BCUT2D eigenvalue weighted by Gasteiger charge is 2.22. The van der Waals surface area contributed by atoms with Gasteiger partial charge in [0.25, 0.3) is 0 Å². The SMILES string of the molecule is C=CCn1c(COc2cc(C)ccc2C)nnc1SCC(=O)Nc1sc2c(c1C#N)CCCC2. The first-order valence-corrected chi connectivity index (χ1v) is 13.0. The number of rotatable bonds is 9. The van der Waals surface area contributed by atoms with Crippen LogP contribution in [0.25, 0.3) is 0 Å². The molecule has 0 bridgehead atoms. The summed E-state index contributed by atoms with van der Waals surface area (Å²) in [4.78, 5) is 13.9. The van der Waals surface area contributed by atoms with E-state index < -0.39 is 0 Å². The molecule has 7 nitrogen and oxygen atoms in total. The third kappa shape index (κ3) is 5.34. The number of allylic oxidation sites excluding steroid dienone is 1. The number of benzene rings is 1. The van der Waals surface area contributed by atoms with E-state index in [-0.39, 0.29) is 18.3 Å². The summed E-state index contributed by atoms with van der Waals surface area (Å²) in [6.45, 7) is 8.64. The summed E-state index contributed by atoms with van der Waals surface area (Å²) >= 11 is 2.84. The van der Waals surface area contributed by atoms with Crippen LogP contribution < -0.4 is 10.1 Å². The van der Waals surface area contributed by atoms with E-state index in [1.165, 1.54) is 28.0 Å². The summed E-state index contributed by atoms with van der Waals surface area (Å²) in [6.07, 6.45) is 5.89. The van der Waals surface area contributed by atoms with Gasteiger partial charge in [0.1, 0.15) is 23.4 Å². The molecule has 9 heteroatoms. The number of thioether (sulfide) groups is 1. The number of nitrogens with one attached hydrogen (secondary N) is 1. The minimum Gasteiger partial charge on any atom is -0.485 e. The maximum atomic E-state index is 12.7. The maximum Gasteiger partial charge on any atom is 0.235 e. The van der Waals surface area contributed by atoms with Gasteiger partial charge in [-0.3, -0.25) is 9.36 Å². The number of hydrogen-bond donors (Lipinski definition) is 1. The number of hydrogen-bond acceptors (Lipinski definition) is 7. The number of carbonyl (C=O) groups excluding carboxylic acids is 1. The third-order valence-corrected chi connectivity index (χ3v) is 7.85. The van der Waals surface area contributed by atoms with Crippen LogP contribution in [0.15, 0.2) is 36.0 Å². The lowest BCUT2D eigenvalue weighted by Crippen LogP contribution is -2.15. The summed E-state index contributed by atoms with van der Waals surface area (Å²) in [5, 5.41) is 22.4. The first kappa shape index (κ1) is 24.0. The molecule has 0 saturated carbocycles. The van der Waals surface area contributed by atoms with E-state index >= 15 is 0 Å². The van der Waals surface area contributed by atoms with Crippen LogP contribution in [-0.2, 0) is 30.8 Å². The van der Waals surface area contributed by atoms with Crippen molar-refractivity contribution in [3.8, 4) is 11.8 Å². The first-order valence-electron chi connectivity index (χ1n) is 11.2. The highest BCUT2D eigenvalue weighted by molar-refractivity contribution is 7.99. The number of amides is 1. The number of nitriles is 1. The summed E-state index contributed by atoms with van der Waals surface area (Å²) in [7, 11) is 0. The van der Waals surface area contributed by atoms with Gasteiger partial charge in [-0.2, -0.15) is 5.26 Å². The van der Waals surface area contributed by atoms with E-state index in [9.17, 15) is 10.1 Å². The van der Waals surface area contributed by atoms with Crippen molar-refractivity contribution >= 4 is 34.0 Å². The summed E-state index contributed by atoms with van der Waals surface area (Å²) in [5.74, 6) is 1.48. The van der Waals surface area contributed by atoms with Crippen LogP contribution in [0.5, 0.6) is 5.75 Å². The normalized spacial score (nSPS) is 12.6. The molecule has 1 aliphatic rings. The van der Waals surface area contributed by atoms with Gasteiger partial charge >= 0.3 is 0 Å². The predicted molar refractivity (Wildman–Crippen MR) is 135 cm³/mol. The minimum atomic E-state index is -0.165. The van der Waals surface area contributed by atoms with E-state index in [1.807, 2.05) is 36.6 Å². The average Bonchev–Trinajstić information content (AvgIpc) is 3.38. The Hall–Kier alpha value is -3.09. The van der Waals surface area contributed by atoms with Gasteiger partial charge in [0.05, 0.1) is 11.3 Å². The molecule has 1 aliphatic carbocycles. The zero-order valence-electron chi connectivity index (χ0n) is 19.4. The van der Waals surface area contributed by atoms with Gasteiger partial charge in [-0.1, -0.05) is 30.0 Å². The largest absolute Gasteiger partial charge is 0.485 e. The van der Waals surface area contributed by atoms with Crippen molar-refractivity contribution in [2.45, 2.75) is 57.8 Å². The molecule has 34 heavy (non-hydrogen) atoms. The number of ether oxygens (including phenoxy) is 1. The lowest BCUT2D eigenvalue weighted by molar-refractivity contribution is -0.113. The summed E-state index contributed by atoms with van der Waals surface area (Å²) in [6, 6.07) is 8.36. The Labute approximate surface area is 207 Å². The van der Waals surface area contributed by atoms with E-state index in [4.69, 9.17) is 4.74 Å². The number of carbonyl (C=O) groups is 1. The van der Waals surface area contributed by atoms with Crippen LogP contribution in [0.1, 0.15) is 45.8 Å². The topological polar surface area (TPSA) is 92.8 Å². The Morgan fingerprint density at radius 1 is 1.35 bits per heavy atom. The molecule has 0 atom stereocenters. The van der Waals surface area contributed by atoms with Crippen molar-refractivity contribution in [2.24, 2.45) is 0 Å². The summed E-state index contributed by atoms with van der Waals surface area (Å²) in [5.41, 5.74) is 3.92. The van der Waals surface area contributed by atoms with Crippen LogP contribution in [0, 0.1) is 25.2 Å². The molecular formula is C25H27N5O2S2. The second kappa shape index (κ2) is 10.9. The van der Waals surface area contributed by atoms with Gasteiger partial charge in [-0.15, -0.1) is 28.1 Å². The lowest BCUT2D eigenvalue weighted by Gasteiger charge is -2.11. The van der Waals surface area contributed by atoms with Crippen molar-refractivity contribution < 1.29 is 9.53 Å². The highest BCUT2D eigenvalue weighted by atomic mass is 32.2. The molecule has 0 saturated heterocycles. The fourth-order valence-corrected chi connectivity index (χ4v) is 5.94. The zero-order chi connectivity index (χ0) is 24.1. The Bertz CT molecular complexity index is 1250. The van der Waals surface area contributed by atoms with E-state index in [0.717, 1.165) is 48.1 Å². The van der Waals surface area contributed by atoms with Crippen molar-refractivity contribution in [1.82, 2.24) is 14.8 Å². The molecule has 2 heterocycles. The Morgan fingerprint density at radius 3 is 2.97 bits per heavy atom. The Morgan fingerprint density at radius 2 is 2.18 bits per heavy atom. The van der Waals surface area contributed by atoms with Crippen LogP contribution in [0.3, 0.4) is 0 Å². The van der Waals surface area contributed by atoms with Crippen LogP contribution >= 0.6 is 23.1 Å². The second-order valence-electron chi connectivity index (χ2n) is 8.22. The molecule has 1 N–H and O–H groups in total. The molecule has 0 fully saturated rings. The number of nitrogens with zero attached hydrogens (tertiary/aromatic N) is 4. The van der Waals surface area contributed by atoms with E-state index in [1.54, 1.807) is 6.08 Å². The number of aryl methyl sites for hydroxylation is 3. The molecule has 0 spiro atoms. The number of fused-ring (bicyclic) bond motifs is 1. The smallest absolute Gasteiger partial charge is 0.235 e. The fraction of sp³-hybridized carbons (Fsp3) is 0.360. The molecule has 3 aromatic rings. The molecule has 4 rings (SSSR count). The van der Waals surface area contributed by atoms with Gasteiger partial charge in [0.2, 0.25) is 5.91 Å². The molecule has 0 aliphatic heterocycles. The third-order valence-electron chi connectivity index (χ3n) is 5.67. The van der Waals surface area contributed by atoms with Gasteiger partial charge < -0.3 is 10.1 Å². The summed E-state index contributed by atoms with van der Waals surface area (Å²) < 4.78 is 7.90. The zero-order valence-corrected chi connectivity index (χ0v) is 21.0. The quantitative estimate of drug-likeness (QED) is 0.325. The average molecular weight is 494 g/mol. The van der Waals surface area contributed by atoms with Gasteiger partial charge in [0, 0.05) is 11.4 Å². The van der Waals surface area contributed by atoms with Crippen LogP contribution in [-0.4, -0.2) is 26.4 Å². The van der Waals surface area contributed by atoms with E-state index in [2.05, 4.69) is 28.2 Å². The highest BCUT2D eigenvalue weighted by Crippen LogP contribution is 2.37. The predicted octanol–water partition coefficient (Wildman–Crippen LogP) is 5.20. The van der Waals surface area contributed by atoms with Crippen LogP contribution in [0.4, 0.5) is 5.00 Å². The van der Waals surface area contributed by atoms with Gasteiger partial charge in [0.15, 0.2) is 11.0 Å². The van der Waals surface area contributed by atoms with Crippen molar-refractivity contribution in [3.63, 3.8) is 0 Å². The molecule has 1 amide bonds. The molecule has 1 aromatic carbocycles. The fourth-order valence-electron chi connectivity index (χ4n) is 3.92. The Kier molecular flexibility index (Phi) is 7.70. The monoisotopic (exact) mass is 493 g/mol. The standard InChI is InChI=1S/C25H27N5O2S2/c1-4-11-30-22(14-32-20-12-16(2)9-10-17(20)3)28-29-25(30)33-15-23(31)27-24-19(13-26)18-7-5-6-8-21(18)34-24/h4,9-10,12H,1,5-8,11,14-15H2,2-3H3,(H,27,31). The molecule has 0 radical (unpaired) electrons. The maximum absolute atomic E-state index is 12.7. The van der Waals surface area contributed by atoms with Crippen LogP contribution in [0.2, 0.25) is 0 Å². The Balaban J connectivity index is 1.41. The van der Waals surface area contributed by atoms with Crippen molar-refractivity contribution in [1.29, 1.82) is 5.26 Å². The van der Waals surface area contributed by atoms with Gasteiger partial charge in [-0.05, 0) is 62.3 Å². The number of aromatic nitrogens is 3. The molecular weight excluding hydrogens is 466 g/mol. The number of thiophene rings is 1. The van der Waals surface area contributed by atoms with Crippen molar-refractivity contribution in [3.05, 3.63) is 63.8 Å². The lowest BCUT2D eigenvalue weighted by atomic mass is 9.96. The molecule has 0 unspecified atom stereocenters.